The van der Waals surface area contributed by atoms with Crippen LogP contribution >= 0.6 is 11.6 Å². The maximum absolute atomic E-state index is 6.18. The summed E-state index contributed by atoms with van der Waals surface area (Å²) in [7, 11) is 2.16. The fourth-order valence-electron chi connectivity index (χ4n) is 2.94. The fraction of sp³-hybridized carbons (Fsp3) is 0.647. The predicted octanol–water partition coefficient (Wildman–Crippen LogP) is 3.70. The SMILES string of the molecule is CC(C)CNCc1cc(Cl)ccc1N(C)C1CCOC1C. The molecule has 1 fully saturated rings. The quantitative estimate of drug-likeness (QED) is 0.867. The molecule has 2 unspecified atom stereocenters. The van der Waals surface area contributed by atoms with Crippen LogP contribution in [-0.4, -0.2) is 32.3 Å². The molecule has 1 aromatic carbocycles. The lowest BCUT2D eigenvalue weighted by Crippen LogP contribution is -2.37. The molecule has 0 radical (unpaired) electrons. The summed E-state index contributed by atoms with van der Waals surface area (Å²) < 4.78 is 5.70. The first-order chi connectivity index (χ1) is 9.99. The Labute approximate surface area is 133 Å². The van der Waals surface area contributed by atoms with Crippen LogP contribution in [0.3, 0.4) is 0 Å². The van der Waals surface area contributed by atoms with Crippen LogP contribution in [0.1, 0.15) is 32.8 Å². The molecule has 0 bridgehead atoms. The molecule has 21 heavy (non-hydrogen) atoms. The number of nitrogens with one attached hydrogen (secondary N) is 1. The Morgan fingerprint density at radius 3 is 2.81 bits per heavy atom. The summed E-state index contributed by atoms with van der Waals surface area (Å²) in [6, 6.07) is 6.61. The summed E-state index contributed by atoms with van der Waals surface area (Å²) in [5.74, 6) is 0.647. The van der Waals surface area contributed by atoms with E-state index in [4.69, 9.17) is 16.3 Å². The largest absolute Gasteiger partial charge is 0.376 e. The lowest BCUT2D eigenvalue weighted by Gasteiger charge is -2.31. The van der Waals surface area contributed by atoms with Crippen molar-refractivity contribution in [2.45, 2.75) is 45.9 Å². The minimum atomic E-state index is 0.280. The van der Waals surface area contributed by atoms with E-state index in [1.54, 1.807) is 0 Å². The third kappa shape index (κ3) is 4.35. The molecule has 0 amide bonds. The number of rotatable bonds is 6. The van der Waals surface area contributed by atoms with Crippen LogP contribution in [0, 0.1) is 5.92 Å². The molecule has 3 nitrogen and oxygen atoms in total. The second-order valence-electron chi connectivity index (χ2n) is 6.34. The van der Waals surface area contributed by atoms with Crippen LogP contribution in [-0.2, 0) is 11.3 Å². The fourth-order valence-corrected chi connectivity index (χ4v) is 3.14. The van der Waals surface area contributed by atoms with Crippen LogP contribution in [0.15, 0.2) is 18.2 Å². The Hall–Kier alpha value is -0.770. The van der Waals surface area contributed by atoms with Gasteiger partial charge in [0.2, 0.25) is 0 Å². The number of likely N-dealkylation sites (N-methyl/N-ethyl adjacent to an activating group) is 1. The number of nitrogens with zero attached hydrogens (tertiary/aromatic N) is 1. The van der Waals surface area contributed by atoms with Crippen molar-refractivity contribution in [3.8, 4) is 0 Å². The van der Waals surface area contributed by atoms with Crippen molar-refractivity contribution < 1.29 is 4.74 Å². The molecule has 0 aliphatic carbocycles. The summed E-state index contributed by atoms with van der Waals surface area (Å²) in [5, 5.41) is 4.30. The van der Waals surface area contributed by atoms with E-state index in [1.807, 2.05) is 6.07 Å². The van der Waals surface area contributed by atoms with Gasteiger partial charge in [-0.05, 0) is 49.6 Å². The van der Waals surface area contributed by atoms with E-state index in [1.165, 1.54) is 11.3 Å². The molecule has 2 rings (SSSR count). The van der Waals surface area contributed by atoms with Gasteiger partial charge in [0.1, 0.15) is 0 Å². The summed E-state index contributed by atoms with van der Waals surface area (Å²) in [6.45, 7) is 9.30. The van der Waals surface area contributed by atoms with Crippen LogP contribution < -0.4 is 10.2 Å². The van der Waals surface area contributed by atoms with E-state index in [0.717, 1.165) is 31.1 Å². The van der Waals surface area contributed by atoms with Crippen molar-refractivity contribution in [1.82, 2.24) is 5.32 Å². The Morgan fingerprint density at radius 2 is 2.19 bits per heavy atom. The van der Waals surface area contributed by atoms with Crippen molar-refractivity contribution in [1.29, 1.82) is 0 Å². The Balaban J connectivity index is 2.13. The number of hydrogen-bond donors (Lipinski definition) is 1. The van der Waals surface area contributed by atoms with Gasteiger partial charge in [-0.15, -0.1) is 0 Å². The average Bonchev–Trinajstić information content (AvgIpc) is 2.84. The van der Waals surface area contributed by atoms with Crippen LogP contribution in [0.2, 0.25) is 5.02 Å². The van der Waals surface area contributed by atoms with Gasteiger partial charge >= 0.3 is 0 Å². The van der Waals surface area contributed by atoms with Crippen molar-refractivity contribution in [3.05, 3.63) is 28.8 Å². The molecule has 1 heterocycles. The van der Waals surface area contributed by atoms with E-state index in [0.29, 0.717) is 12.0 Å². The maximum Gasteiger partial charge on any atom is 0.0750 e. The van der Waals surface area contributed by atoms with Gasteiger partial charge in [-0.25, -0.2) is 0 Å². The highest BCUT2D eigenvalue weighted by atomic mass is 35.5. The third-order valence-corrected chi connectivity index (χ3v) is 4.36. The van der Waals surface area contributed by atoms with Gasteiger partial charge in [0.05, 0.1) is 12.1 Å². The zero-order chi connectivity index (χ0) is 15.4. The molecule has 0 aromatic heterocycles. The second-order valence-corrected chi connectivity index (χ2v) is 6.78. The summed E-state index contributed by atoms with van der Waals surface area (Å²) in [5.41, 5.74) is 2.50. The number of hydrogen-bond acceptors (Lipinski definition) is 3. The third-order valence-electron chi connectivity index (χ3n) is 4.12. The van der Waals surface area contributed by atoms with Crippen LogP contribution in [0.5, 0.6) is 0 Å². The maximum atomic E-state index is 6.18. The highest BCUT2D eigenvalue weighted by Crippen LogP contribution is 2.29. The highest BCUT2D eigenvalue weighted by molar-refractivity contribution is 6.30. The van der Waals surface area contributed by atoms with Crippen LogP contribution in [0.4, 0.5) is 5.69 Å². The Morgan fingerprint density at radius 1 is 1.43 bits per heavy atom. The van der Waals surface area contributed by atoms with Gasteiger partial charge in [-0.3, -0.25) is 0 Å². The standard InChI is InChI=1S/C17H27ClN2O/c1-12(2)10-19-11-14-9-15(18)5-6-17(14)20(4)16-7-8-21-13(16)3/h5-6,9,12-13,16,19H,7-8,10-11H2,1-4H3. The zero-order valence-corrected chi connectivity index (χ0v) is 14.3. The number of ether oxygens (including phenoxy) is 1. The Bertz CT molecular complexity index is 464. The molecule has 1 N–H and O–H groups in total. The monoisotopic (exact) mass is 310 g/mol. The highest BCUT2D eigenvalue weighted by Gasteiger charge is 2.28. The molecule has 1 saturated heterocycles. The van der Waals surface area contributed by atoms with E-state index in [2.05, 4.69) is 50.2 Å². The first-order valence-electron chi connectivity index (χ1n) is 7.82. The van der Waals surface area contributed by atoms with E-state index < -0.39 is 0 Å². The van der Waals surface area contributed by atoms with Crippen LogP contribution in [0.25, 0.3) is 0 Å². The average molecular weight is 311 g/mol. The molecule has 118 valence electrons. The van der Waals surface area contributed by atoms with E-state index in [9.17, 15) is 0 Å². The molecular weight excluding hydrogens is 284 g/mol. The lowest BCUT2D eigenvalue weighted by atomic mass is 10.1. The zero-order valence-electron chi connectivity index (χ0n) is 13.5. The van der Waals surface area contributed by atoms with Crippen molar-refractivity contribution in [3.63, 3.8) is 0 Å². The molecule has 0 saturated carbocycles. The predicted molar refractivity (Wildman–Crippen MR) is 90.2 cm³/mol. The first kappa shape index (κ1) is 16.6. The number of anilines is 1. The minimum Gasteiger partial charge on any atom is -0.376 e. The molecule has 0 spiro atoms. The molecule has 1 aliphatic rings. The minimum absolute atomic E-state index is 0.280. The summed E-state index contributed by atoms with van der Waals surface area (Å²) >= 11 is 6.18. The lowest BCUT2D eigenvalue weighted by molar-refractivity contribution is 0.118. The smallest absolute Gasteiger partial charge is 0.0750 e. The van der Waals surface area contributed by atoms with Gasteiger partial charge in [0, 0.05) is 30.9 Å². The van der Waals surface area contributed by atoms with Gasteiger partial charge < -0.3 is 15.0 Å². The van der Waals surface area contributed by atoms with Gasteiger partial charge in [0.15, 0.2) is 0 Å². The number of benzene rings is 1. The summed E-state index contributed by atoms with van der Waals surface area (Å²) in [6.07, 6.45) is 1.36. The molecule has 4 heteroatoms. The van der Waals surface area contributed by atoms with Crippen molar-refractivity contribution in [2.24, 2.45) is 5.92 Å². The van der Waals surface area contributed by atoms with Gasteiger partial charge in [-0.1, -0.05) is 25.4 Å². The summed E-state index contributed by atoms with van der Waals surface area (Å²) in [4.78, 5) is 2.35. The molecule has 1 aromatic rings. The van der Waals surface area contributed by atoms with Crippen molar-refractivity contribution in [2.75, 3.05) is 25.1 Å². The van der Waals surface area contributed by atoms with Gasteiger partial charge in [0.25, 0.3) is 0 Å². The molecule has 2 atom stereocenters. The molecular formula is C17H27ClN2O. The molecule has 1 aliphatic heterocycles. The van der Waals surface area contributed by atoms with E-state index >= 15 is 0 Å². The second kappa shape index (κ2) is 7.48. The van der Waals surface area contributed by atoms with Gasteiger partial charge in [-0.2, -0.15) is 0 Å². The normalized spacial score (nSPS) is 22.0. The first-order valence-corrected chi connectivity index (χ1v) is 8.20. The topological polar surface area (TPSA) is 24.5 Å². The number of halogens is 1. The Kier molecular flexibility index (Phi) is 5.91. The van der Waals surface area contributed by atoms with E-state index in [-0.39, 0.29) is 6.10 Å². The van der Waals surface area contributed by atoms with Crippen molar-refractivity contribution >= 4 is 17.3 Å².